The van der Waals surface area contributed by atoms with Crippen LogP contribution in [0.4, 0.5) is 0 Å². The Balaban J connectivity index is 1.81. The van der Waals surface area contributed by atoms with Crippen LogP contribution in [-0.4, -0.2) is 33.4 Å². The van der Waals surface area contributed by atoms with Crippen molar-refractivity contribution < 1.29 is 14.6 Å². The molecule has 0 spiro atoms. The summed E-state index contributed by atoms with van der Waals surface area (Å²) >= 11 is 1.50. The topological polar surface area (TPSA) is 72.3 Å². The Hall–Kier alpha value is -2.08. The summed E-state index contributed by atoms with van der Waals surface area (Å²) in [6.07, 6.45) is 1.72. The molecular weight excluding hydrogens is 276 g/mol. The molecule has 0 aliphatic carbocycles. The summed E-state index contributed by atoms with van der Waals surface area (Å²) in [4.78, 5) is 19.2. The molecule has 0 aliphatic rings. The van der Waals surface area contributed by atoms with Gasteiger partial charge in [0.1, 0.15) is 5.75 Å². The Morgan fingerprint density at radius 2 is 2.25 bits per heavy atom. The number of aryl methyl sites for hydroxylation is 1. The number of carbonyl (C=O) groups is 1. The van der Waals surface area contributed by atoms with Crippen molar-refractivity contribution in [1.29, 1.82) is 0 Å². The third-order valence-corrected chi connectivity index (χ3v) is 3.26. The number of thioether (sulfide) groups is 1. The molecule has 0 bridgehead atoms. The zero-order chi connectivity index (χ0) is 14.4. The number of hydrogen-bond donors (Lipinski definition) is 1. The number of nitrogens with zero attached hydrogens (tertiary/aromatic N) is 2. The van der Waals surface area contributed by atoms with Crippen LogP contribution in [0, 0.1) is 6.92 Å². The number of aromatic carboxylic acids is 1. The van der Waals surface area contributed by atoms with Crippen molar-refractivity contribution in [2.75, 3.05) is 12.4 Å². The molecule has 1 aromatic carbocycles. The molecule has 1 heterocycles. The van der Waals surface area contributed by atoms with Gasteiger partial charge in [-0.05, 0) is 31.2 Å². The SMILES string of the molecule is Cc1ccnc(SCCOc2cccc(C(=O)O)c2)n1. The number of aromatic nitrogens is 2. The monoisotopic (exact) mass is 290 g/mol. The van der Waals surface area contributed by atoms with Gasteiger partial charge in [-0.1, -0.05) is 17.8 Å². The first-order valence-corrected chi connectivity index (χ1v) is 7.02. The van der Waals surface area contributed by atoms with Crippen molar-refractivity contribution in [3.05, 3.63) is 47.8 Å². The fourth-order valence-corrected chi connectivity index (χ4v) is 2.20. The molecule has 1 N–H and O–H groups in total. The average molecular weight is 290 g/mol. The summed E-state index contributed by atoms with van der Waals surface area (Å²) in [7, 11) is 0. The molecule has 2 rings (SSSR count). The van der Waals surface area contributed by atoms with E-state index in [0.29, 0.717) is 23.3 Å². The Morgan fingerprint density at radius 3 is 3.00 bits per heavy atom. The maximum Gasteiger partial charge on any atom is 0.335 e. The molecule has 0 saturated carbocycles. The molecule has 20 heavy (non-hydrogen) atoms. The smallest absolute Gasteiger partial charge is 0.335 e. The number of ether oxygens (including phenoxy) is 1. The second-order valence-electron chi connectivity index (χ2n) is 4.01. The molecule has 0 amide bonds. The average Bonchev–Trinajstić information content (AvgIpc) is 2.44. The van der Waals surface area contributed by atoms with E-state index in [2.05, 4.69) is 9.97 Å². The minimum Gasteiger partial charge on any atom is -0.493 e. The first-order valence-electron chi connectivity index (χ1n) is 6.04. The van der Waals surface area contributed by atoms with Crippen molar-refractivity contribution in [2.24, 2.45) is 0 Å². The van der Waals surface area contributed by atoms with Gasteiger partial charge in [-0.3, -0.25) is 0 Å². The highest BCUT2D eigenvalue weighted by atomic mass is 32.2. The van der Waals surface area contributed by atoms with E-state index < -0.39 is 5.97 Å². The highest BCUT2D eigenvalue weighted by molar-refractivity contribution is 7.99. The summed E-state index contributed by atoms with van der Waals surface area (Å²) in [6, 6.07) is 8.29. The van der Waals surface area contributed by atoms with Crippen LogP contribution in [0.15, 0.2) is 41.7 Å². The summed E-state index contributed by atoms with van der Waals surface area (Å²) in [5, 5.41) is 9.59. The number of carboxylic acids is 1. The molecule has 0 unspecified atom stereocenters. The van der Waals surface area contributed by atoms with E-state index in [-0.39, 0.29) is 5.56 Å². The molecule has 0 radical (unpaired) electrons. The lowest BCUT2D eigenvalue weighted by atomic mass is 10.2. The summed E-state index contributed by atoms with van der Waals surface area (Å²) < 4.78 is 5.51. The van der Waals surface area contributed by atoms with E-state index in [9.17, 15) is 4.79 Å². The molecule has 5 nitrogen and oxygen atoms in total. The van der Waals surface area contributed by atoms with Crippen LogP contribution in [-0.2, 0) is 0 Å². The zero-order valence-corrected chi connectivity index (χ0v) is 11.8. The second kappa shape index (κ2) is 6.91. The number of carboxylic acid groups (broad SMARTS) is 1. The number of benzene rings is 1. The van der Waals surface area contributed by atoms with E-state index in [4.69, 9.17) is 9.84 Å². The van der Waals surface area contributed by atoms with Crippen molar-refractivity contribution in [3.8, 4) is 5.75 Å². The van der Waals surface area contributed by atoms with Crippen LogP contribution in [0.3, 0.4) is 0 Å². The van der Waals surface area contributed by atoms with Crippen LogP contribution in [0.1, 0.15) is 16.1 Å². The molecule has 1 aromatic heterocycles. The molecular formula is C14H14N2O3S. The fourth-order valence-electron chi connectivity index (χ4n) is 1.51. The molecule has 0 aliphatic heterocycles. The van der Waals surface area contributed by atoms with Gasteiger partial charge >= 0.3 is 5.97 Å². The first kappa shape index (κ1) is 14.3. The van der Waals surface area contributed by atoms with E-state index in [1.165, 1.54) is 23.9 Å². The molecule has 0 saturated heterocycles. The normalized spacial score (nSPS) is 10.2. The lowest BCUT2D eigenvalue weighted by Crippen LogP contribution is -2.02. The Labute approximate surface area is 121 Å². The Kier molecular flexibility index (Phi) is 4.95. The minimum absolute atomic E-state index is 0.220. The fraction of sp³-hybridized carbons (Fsp3) is 0.214. The maximum atomic E-state index is 10.8. The van der Waals surface area contributed by atoms with E-state index in [0.717, 1.165) is 5.69 Å². The van der Waals surface area contributed by atoms with E-state index >= 15 is 0 Å². The third-order valence-electron chi connectivity index (χ3n) is 2.44. The van der Waals surface area contributed by atoms with Crippen molar-refractivity contribution >= 4 is 17.7 Å². The highest BCUT2D eigenvalue weighted by Gasteiger charge is 2.04. The Morgan fingerprint density at radius 1 is 1.40 bits per heavy atom. The number of hydrogen-bond acceptors (Lipinski definition) is 5. The van der Waals surface area contributed by atoms with Crippen LogP contribution in [0.2, 0.25) is 0 Å². The molecule has 6 heteroatoms. The van der Waals surface area contributed by atoms with Crippen LogP contribution < -0.4 is 4.74 Å². The molecule has 2 aromatic rings. The predicted molar refractivity (Wildman–Crippen MR) is 76.4 cm³/mol. The molecule has 0 atom stereocenters. The molecule has 104 valence electrons. The zero-order valence-electron chi connectivity index (χ0n) is 10.9. The van der Waals surface area contributed by atoms with Crippen molar-refractivity contribution in [1.82, 2.24) is 9.97 Å². The second-order valence-corrected chi connectivity index (χ2v) is 5.07. The van der Waals surface area contributed by atoms with Gasteiger partial charge in [0, 0.05) is 17.6 Å². The van der Waals surface area contributed by atoms with Crippen LogP contribution in [0.5, 0.6) is 5.75 Å². The van der Waals surface area contributed by atoms with Crippen molar-refractivity contribution in [3.63, 3.8) is 0 Å². The van der Waals surface area contributed by atoms with Gasteiger partial charge in [0.25, 0.3) is 0 Å². The quantitative estimate of drug-likeness (QED) is 0.501. The van der Waals surface area contributed by atoms with Gasteiger partial charge in [0.05, 0.1) is 12.2 Å². The van der Waals surface area contributed by atoms with Crippen LogP contribution >= 0.6 is 11.8 Å². The minimum atomic E-state index is -0.960. The third kappa shape index (κ3) is 4.24. The Bertz CT molecular complexity index is 604. The van der Waals surface area contributed by atoms with Gasteiger partial charge in [-0.15, -0.1) is 0 Å². The first-order chi connectivity index (χ1) is 9.65. The van der Waals surface area contributed by atoms with Crippen LogP contribution in [0.25, 0.3) is 0 Å². The van der Waals surface area contributed by atoms with Gasteiger partial charge < -0.3 is 9.84 Å². The van der Waals surface area contributed by atoms with Gasteiger partial charge in [0.15, 0.2) is 5.16 Å². The number of rotatable bonds is 6. The highest BCUT2D eigenvalue weighted by Crippen LogP contribution is 2.15. The lowest BCUT2D eigenvalue weighted by molar-refractivity contribution is 0.0696. The summed E-state index contributed by atoms with van der Waals surface area (Å²) in [5.41, 5.74) is 1.15. The predicted octanol–water partition coefficient (Wildman–Crippen LogP) is 2.65. The van der Waals surface area contributed by atoms with Gasteiger partial charge in [-0.2, -0.15) is 0 Å². The van der Waals surface area contributed by atoms with E-state index in [1.54, 1.807) is 18.3 Å². The van der Waals surface area contributed by atoms with Gasteiger partial charge in [0.2, 0.25) is 0 Å². The van der Waals surface area contributed by atoms with E-state index in [1.807, 2.05) is 13.0 Å². The standard InChI is InChI=1S/C14H14N2O3S/c1-10-5-6-15-14(16-10)20-8-7-19-12-4-2-3-11(9-12)13(17)18/h2-6,9H,7-8H2,1H3,(H,17,18). The maximum absolute atomic E-state index is 10.8. The molecule has 0 fully saturated rings. The largest absolute Gasteiger partial charge is 0.493 e. The van der Waals surface area contributed by atoms with Crippen molar-refractivity contribution in [2.45, 2.75) is 12.1 Å². The summed E-state index contributed by atoms with van der Waals surface area (Å²) in [5.74, 6) is 0.287. The van der Waals surface area contributed by atoms with Gasteiger partial charge in [-0.25, -0.2) is 14.8 Å². The summed E-state index contributed by atoms with van der Waals surface area (Å²) in [6.45, 7) is 2.38. The lowest BCUT2D eigenvalue weighted by Gasteiger charge is -2.06.